The molecule has 1 N–H and O–H groups in total. The first-order valence-electron chi connectivity index (χ1n) is 6.52. The van der Waals surface area contributed by atoms with Crippen LogP contribution in [0.5, 0.6) is 0 Å². The van der Waals surface area contributed by atoms with Crippen LogP contribution in [0.3, 0.4) is 0 Å². The molecule has 0 saturated carbocycles. The fourth-order valence-corrected chi connectivity index (χ4v) is 2.15. The molecule has 2 heterocycles. The molecular weight excluding hydrogens is 212 g/mol. The van der Waals surface area contributed by atoms with Crippen molar-refractivity contribution in [3.05, 3.63) is 17.6 Å². The highest BCUT2D eigenvalue weighted by atomic mass is 15.1. The molecule has 0 bridgehead atoms. The molecule has 1 saturated heterocycles. The van der Waals surface area contributed by atoms with E-state index >= 15 is 0 Å². The van der Waals surface area contributed by atoms with E-state index in [4.69, 9.17) is 0 Å². The molecule has 0 atom stereocenters. The second kappa shape index (κ2) is 5.96. The average molecular weight is 234 g/mol. The lowest BCUT2D eigenvalue weighted by atomic mass is 10.3. The number of rotatable bonds is 5. The first-order chi connectivity index (χ1) is 8.25. The van der Waals surface area contributed by atoms with E-state index in [0.717, 1.165) is 23.8 Å². The zero-order valence-electron chi connectivity index (χ0n) is 10.9. The largest absolute Gasteiger partial charge is 0.369 e. The second-order valence-electron chi connectivity index (χ2n) is 4.76. The first kappa shape index (κ1) is 12.3. The van der Waals surface area contributed by atoms with Gasteiger partial charge in [-0.1, -0.05) is 0 Å². The summed E-state index contributed by atoms with van der Waals surface area (Å²) in [6.45, 7) is 8.73. The van der Waals surface area contributed by atoms with E-state index in [2.05, 4.69) is 20.2 Å². The van der Waals surface area contributed by atoms with Crippen LogP contribution in [0, 0.1) is 13.8 Å². The van der Waals surface area contributed by atoms with Gasteiger partial charge in [-0.2, -0.15) is 0 Å². The molecule has 17 heavy (non-hydrogen) atoms. The molecule has 1 fully saturated rings. The summed E-state index contributed by atoms with van der Waals surface area (Å²) in [5.74, 6) is 0.898. The number of aryl methyl sites for hydroxylation is 2. The molecule has 1 aromatic rings. The minimum absolute atomic E-state index is 0.898. The Hall–Kier alpha value is -1.16. The quantitative estimate of drug-likeness (QED) is 0.791. The second-order valence-corrected chi connectivity index (χ2v) is 4.76. The Morgan fingerprint density at radius 2 is 2.00 bits per heavy atom. The van der Waals surface area contributed by atoms with Gasteiger partial charge in [-0.3, -0.25) is 4.98 Å². The third-order valence-electron chi connectivity index (χ3n) is 3.35. The molecule has 0 aromatic carbocycles. The maximum atomic E-state index is 4.45. The Bertz CT molecular complexity index is 358. The minimum atomic E-state index is 0.898. The molecule has 0 unspecified atom stereocenters. The summed E-state index contributed by atoms with van der Waals surface area (Å²) in [7, 11) is 0. The fraction of sp³-hybridized carbons (Fsp3) is 0.692. The maximum Gasteiger partial charge on any atom is 0.144 e. The van der Waals surface area contributed by atoms with E-state index in [1.807, 2.05) is 20.0 Å². The number of nitrogens with one attached hydrogen (secondary N) is 1. The van der Waals surface area contributed by atoms with Crippen LogP contribution >= 0.6 is 0 Å². The number of nitrogens with zero attached hydrogens (tertiary/aromatic N) is 3. The topological polar surface area (TPSA) is 41.1 Å². The summed E-state index contributed by atoms with van der Waals surface area (Å²) < 4.78 is 0. The first-order valence-corrected chi connectivity index (χ1v) is 6.52. The van der Waals surface area contributed by atoms with Crippen molar-refractivity contribution < 1.29 is 0 Å². The van der Waals surface area contributed by atoms with Crippen molar-refractivity contribution in [3.8, 4) is 0 Å². The number of hydrogen-bond acceptors (Lipinski definition) is 4. The van der Waals surface area contributed by atoms with Gasteiger partial charge >= 0.3 is 0 Å². The Morgan fingerprint density at radius 1 is 1.24 bits per heavy atom. The van der Waals surface area contributed by atoms with Gasteiger partial charge < -0.3 is 10.2 Å². The number of hydrogen-bond donors (Lipinski definition) is 1. The smallest absolute Gasteiger partial charge is 0.144 e. The van der Waals surface area contributed by atoms with E-state index in [1.54, 1.807) is 0 Å². The summed E-state index contributed by atoms with van der Waals surface area (Å²) in [6.07, 6.45) is 5.74. The van der Waals surface area contributed by atoms with Crippen molar-refractivity contribution in [2.75, 3.05) is 31.5 Å². The fourth-order valence-electron chi connectivity index (χ4n) is 2.15. The van der Waals surface area contributed by atoms with Crippen LogP contribution < -0.4 is 5.32 Å². The van der Waals surface area contributed by atoms with Crippen molar-refractivity contribution in [3.63, 3.8) is 0 Å². The van der Waals surface area contributed by atoms with Gasteiger partial charge in [0.25, 0.3) is 0 Å². The van der Waals surface area contributed by atoms with Gasteiger partial charge in [0, 0.05) is 6.54 Å². The van der Waals surface area contributed by atoms with E-state index in [0.29, 0.717) is 0 Å². The van der Waals surface area contributed by atoms with Gasteiger partial charge in [-0.15, -0.1) is 0 Å². The highest BCUT2D eigenvalue weighted by molar-refractivity contribution is 5.33. The normalized spacial score (nSPS) is 16.4. The SMILES string of the molecule is Cc1ncc(NCCCN2CCCC2)nc1C. The Kier molecular flexibility index (Phi) is 4.31. The van der Waals surface area contributed by atoms with Crippen molar-refractivity contribution in [2.24, 2.45) is 0 Å². The highest BCUT2D eigenvalue weighted by Crippen LogP contribution is 2.08. The van der Waals surface area contributed by atoms with Gasteiger partial charge in [0.2, 0.25) is 0 Å². The van der Waals surface area contributed by atoms with Crippen LogP contribution in [0.1, 0.15) is 30.7 Å². The number of aromatic nitrogens is 2. The van der Waals surface area contributed by atoms with E-state index in [-0.39, 0.29) is 0 Å². The Labute approximate surface area is 103 Å². The molecule has 1 aliphatic heterocycles. The van der Waals surface area contributed by atoms with Crippen LogP contribution in [0.25, 0.3) is 0 Å². The van der Waals surface area contributed by atoms with Crippen LogP contribution in [-0.2, 0) is 0 Å². The van der Waals surface area contributed by atoms with Crippen LogP contribution in [-0.4, -0.2) is 41.0 Å². The molecular formula is C13H22N4. The predicted octanol–water partition coefficient (Wildman–Crippen LogP) is 1.99. The Balaban J connectivity index is 1.68. The number of likely N-dealkylation sites (tertiary alicyclic amines) is 1. The number of anilines is 1. The standard InChI is InChI=1S/C13H22N4/c1-11-12(2)16-13(10-15-11)14-6-5-9-17-7-3-4-8-17/h10H,3-9H2,1-2H3,(H,14,16). The monoisotopic (exact) mass is 234 g/mol. The summed E-state index contributed by atoms with van der Waals surface area (Å²) in [6, 6.07) is 0. The molecule has 0 spiro atoms. The molecule has 0 amide bonds. The van der Waals surface area contributed by atoms with Crippen molar-refractivity contribution in [2.45, 2.75) is 33.1 Å². The average Bonchev–Trinajstić information content (AvgIpc) is 2.82. The summed E-state index contributed by atoms with van der Waals surface area (Å²) >= 11 is 0. The third-order valence-corrected chi connectivity index (χ3v) is 3.35. The van der Waals surface area contributed by atoms with Gasteiger partial charge in [0.05, 0.1) is 17.6 Å². The summed E-state index contributed by atoms with van der Waals surface area (Å²) in [4.78, 5) is 11.3. The maximum absolute atomic E-state index is 4.45. The van der Waals surface area contributed by atoms with Gasteiger partial charge in [0.1, 0.15) is 5.82 Å². The molecule has 1 aromatic heterocycles. The summed E-state index contributed by atoms with van der Waals surface area (Å²) in [5, 5.41) is 3.34. The molecule has 4 nitrogen and oxygen atoms in total. The van der Waals surface area contributed by atoms with E-state index in [9.17, 15) is 0 Å². The van der Waals surface area contributed by atoms with E-state index < -0.39 is 0 Å². The molecule has 4 heteroatoms. The minimum Gasteiger partial charge on any atom is -0.369 e. The molecule has 94 valence electrons. The van der Waals surface area contributed by atoms with Crippen LogP contribution in [0.15, 0.2) is 6.20 Å². The zero-order chi connectivity index (χ0) is 12.1. The van der Waals surface area contributed by atoms with Crippen LogP contribution in [0.4, 0.5) is 5.82 Å². The van der Waals surface area contributed by atoms with Gasteiger partial charge in [-0.05, 0) is 52.7 Å². The zero-order valence-corrected chi connectivity index (χ0v) is 10.9. The molecule has 1 aliphatic rings. The Morgan fingerprint density at radius 3 is 2.71 bits per heavy atom. The van der Waals surface area contributed by atoms with Crippen molar-refractivity contribution in [1.82, 2.24) is 14.9 Å². The summed E-state index contributed by atoms with van der Waals surface area (Å²) in [5.41, 5.74) is 2.02. The van der Waals surface area contributed by atoms with Gasteiger partial charge in [0.15, 0.2) is 0 Å². The lowest BCUT2D eigenvalue weighted by Crippen LogP contribution is -2.22. The van der Waals surface area contributed by atoms with Gasteiger partial charge in [-0.25, -0.2) is 4.98 Å². The highest BCUT2D eigenvalue weighted by Gasteiger charge is 2.10. The molecule has 0 radical (unpaired) electrons. The molecule has 0 aliphatic carbocycles. The lowest BCUT2D eigenvalue weighted by Gasteiger charge is -2.14. The van der Waals surface area contributed by atoms with Crippen molar-refractivity contribution in [1.29, 1.82) is 0 Å². The predicted molar refractivity (Wildman–Crippen MR) is 70.3 cm³/mol. The van der Waals surface area contributed by atoms with Crippen molar-refractivity contribution >= 4 is 5.82 Å². The lowest BCUT2D eigenvalue weighted by molar-refractivity contribution is 0.337. The molecule has 2 rings (SSSR count). The van der Waals surface area contributed by atoms with Crippen LogP contribution in [0.2, 0.25) is 0 Å². The third kappa shape index (κ3) is 3.66. The van der Waals surface area contributed by atoms with E-state index in [1.165, 1.54) is 38.9 Å².